The first kappa shape index (κ1) is 18.6. The monoisotopic (exact) mass is 386 g/mol. The molecule has 0 aliphatic rings. The molecule has 2 heterocycles. The number of hydrogen-bond acceptors (Lipinski definition) is 5. The summed E-state index contributed by atoms with van der Waals surface area (Å²) in [6, 6.07) is 11.7. The number of benzene rings is 2. The van der Waals surface area contributed by atoms with Crippen LogP contribution in [0.5, 0.6) is 0 Å². The van der Waals surface area contributed by atoms with Gasteiger partial charge in [-0.05, 0) is 35.4 Å². The molecule has 7 nitrogen and oxygen atoms in total. The Morgan fingerprint density at radius 1 is 1.14 bits per heavy atom. The van der Waals surface area contributed by atoms with Crippen LogP contribution in [-0.2, 0) is 13.6 Å². The maximum atomic E-state index is 13.0. The van der Waals surface area contributed by atoms with E-state index in [0.29, 0.717) is 12.1 Å². The Hall–Kier alpha value is -3.74. The standard InChI is InChI=1S/C22H22N6O/c1-14-18(12-26-28(14)3)13-27(2)21(29)16-7-8-20-15(9-16)5-4-6-19(20)17-10-24-22(23)25-11-17/h4-12H,13H2,1-3H3,(H2,23,24,25). The second-order valence-corrected chi connectivity index (χ2v) is 7.11. The molecule has 2 N–H and O–H groups in total. The molecule has 0 unspecified atom stereocenters. The van der Waals surface area contributed by atoms with Gasteiger partial charge in [-0.2, -0.15) is 5.10 Å². The molecule has 0 atom stereocenters. The number of nitrogens with zero attached hydrogens (tertiary/aromatic N) is 5. The molecule has 1 amide bonds. The highest BCUT2D eigenvalue weighted by Gasteiger charge is 2.15. The first-order chi connectivity index (χ1) is 13.9. The van der Waals surface area contributed by atoms with E-state index in [4.69, 9.17) is 5.73 Å². The summed E-state index contributed by atoms with van der Waals surface area (Å²) in [5, 5.41) is 6.26. The van der Waals surface area contributed by atoms with Crippen molar-refractivity contribution in [3.8, 4) is 11.1 Å². The Bertz CT molecular complexity index is 1200. The predicted octanol–water partition coefficient (Wildman–Crippen LogP) is 3.19. The largest absolute Gasteiger partial charge is 0.368 e. The van der Waals surface area contributed by atoms with Gasteiger partial charge in [-0.3, -0.25) is 9.48 Å². The number of rotatable bonds is 4. The fourth-order valence-electron chi connectivity index (χ4n) is 3.39. The van der Waals surface area contributed by atoms with Gasteiger partial charge in [0.15, 0.2) is 0 Å². The smallest absolute Gasteiger partial charge is 0.253 e. The molecule has 0 saturated heterocycles. The summed E-state index contributed by atoms with van der Waals surface area (Å²) in [7, 11) is 3.70. The van der Waals surface area contributed by atoms with Crippen LogP contribution in [0, 0.1) is 6.92 Å². The summed E-state index contributed by atoms with van der Waals surface area (Å²) in [4.78, 5) is 22.8. The van der Waals surface area contributed by atoms with Crippen molar-refractivity contribution in [2.75, 3.05) is 12.8 Å². The minimum Gasteiger partial charge on any atom is -0.368 e. The van der Waals surface area contributed by atoms with Crippen molar-refractivity contribution in [3.63, 3.8) is 0 Å². The third-order valence-electron chi connectivity index (χ3n) is 5.20. The van der Waals surface area contributed by atoms with E-state index in [1.807, 2.05) is 55.1 Å². The van der Waals surface area contributed by atoms with Crippen molar-refractivity contribution in [1.82, 2.24) is 24.6 Å². The van der Waals surface area contributed by atoms with Gasteiger partial charge in [0.25, 0.3) is 5.91 Å². The van der Waals surface area contributed by atoms with Crippen molar-refractivity contribution >= 4 is 22.6 Å². The van der Waals surface area contributed by atoms with E-state index >= 15 is 0 Å². The van der Waals surface area contributed by atoms with Crippen molar-refractivity contribution in [2.45, 2.75) is 13.5 Å². The second-order valence-electron chi connectivity index (χ2n) is 7.11. The Balaban J connectivity index is 1.64. The van der Waals surface area contributed by atoms with Crippen LogP contribution in [0.15, 0.2) is 55.0 Å². The lowest BCUT2D eigenvalue weighted by Crippen LogP contribution is -2.26. The van der Waals surface area contributed by atoms with Crippen LogP contribution in [0.3, 0.4) is 0 Å². The maximum absolute atomic E-state index is 13.0. The lowest BCUT2D eigenvalue weighted by molar-refractivity contribution is 0.0785. The number of carbonyl (C=O) groups is 1. The van der Waals surface area contributed by atoms with E-state index in [0.717, 1.165) is 33.2 Å². The number of fused-ring (bicyclic) bond motifs is 1. The van der Waals surface area contributed by atoms with Gasteiger partial charge in [0.1, 0.15) is 0 Å². The zero-order valence-electron chi connectivity index (χ0n) is 16.6. The highest BCUT2D eigenvalue weighted by Crippen LogP contribution is 2.29. The molecular formula is C22H22N6O. The molecule has 2 aromatic heterocycles. The zero-order valence-corrected chi connectivity index (χ0v) is 16.6. The summed E-state index contributed by atoms with van der Waals surface area (Å²) in [6.45, 7) is 2.51. The molecule has 7 heteroatoms. The molecule has 0 saturated carbocycles. The quantitative estimate of drug-likeness (QED) is 0.582. The average Bonchev–Trinajstić information content (AvgIpc) is 3.05. The summed E-state index contributed by atoms with van der Waals surface area (Å²) >= 11 is 0. The minimum atomic E-state index is -0.0311. The van der Waals surface area contributed by atoms with Gasteiger partial charge in [-0.15, -0.1) is 0 Å². The topological polar surface area (TPSA) is 89.9 Å². The fourth-order valence-corrected chi connectivity index (χ4v) is 3.39. The average molecular weight is 386 g/mol. The van der Waals surface area contributed by atoms with Crippen molar-refractivity contribution in [3.05, 3.63) is 71.8 Å². The number of amides is 1. The number of carbonyl (C=O) groups excluding carboxylic acids is 1. The molecule has 2 aromatic carbocycles. The van der Waals surface area contributed by atoms with Gasteiger partial charge >= 0.3 is 0 Å². The summed E-state index contributed by atoms with van der Waals surface area (Å²) in [6.07, 6.45) is 5.22. The molecule has 0 aliphatic carbocycles. The maximum Gasteiger partial charge on any atom is 0.253 e. The van der Waals surface area contributed by atoms with E-state index < -0.39 is 0 Å². The fraction of sp³-hybridized carbons (Fsp3) is 0.182. The molecule has 0 spiro atoms. The molecule has 0 bridgehead atoms. The van der Waals surface area contributed by atoms with Crippen LogP contribution in [-0.4, -0.2) is 37.6 Å². The normalized spacial score (nSPS) is 11.0. The zero-order chi connectivity index (χ0) is 20.5. The molecule has 4 rings (SSSR count). The lowest BCUT2D eigenvalue weighted by atomic mass is 9.98. The highest BCUT2D eigenvalue weighted by molar-refractivity contribution is 6.02. The number of aryl methyl sites for hydroxylation is 1. The summed E-state index contributed by atoms with van der Waals surface area (Å²) < 4.78 is 1.81. The van der Waals surface area contributed by atoms with Crippen LogP contribution >= 0.6 is 0 Å². The minimum absolute atomic E-state index is 0.0311. The van der Waals surface area contributed by atoms with Crippen LogP contribution in [0.2, 0.25) is 0 Å². The van der Waals surface area contributed by atoms with Gasteiger partial charge < -0.3 is 10.6 Å². The Morgan fingerprint density at radius 2 is 1.90 bits per heavy atom. The second kappa shape index (κ2) is 7.35. The lowest BCUT2D eigenvalue weighted by Gasteiger charge is -2.17. The van der Waals surface area contributed by atoms with E-state index in [1.54, 1.807) is 30.5 Å². The first-order valence-corrected chi connectivity index (χ1v) is 9.27. The van der Waals surface area contributed by atoms with Crippen LogP contribution in [0.25, 0.3) is 21.9 Å². The first-order valence-electron chi connectivity index (χ1n) is 9.27. The molecule has 4 aromatic rings. The number of anilines is 1. The van der Waals surface area contributed by atoms with Gasteiger partial charge in [0.2, 0.25) is 5.95 Å². The van der Waals surface area contributed by atoms with Crippen molar-refractivity contribution in [1.29, 1.82) is 0 Å². The Labute approximate surface area is 168 Å². The molecule has 146 valence electrons. The third kappa shape index (κ3) is 3.54. The predicted molar refractivity (Wildman–Crippen MR) is 113 cm³/mol. The highest BCUT2D eigenvalue weighted by atomic mass is 16.2. The SMILES string of the molecule is Cc1c(CN(C)C(=O)c2ccc3c(-c4cnc(N)nc4)cccc3c2)cnn1C. The van der Waals surface area contributed by atoms with E-state index in [9.17, 15) is 4.79 Å². The summed E-state index contributed by atoms with van der Waals surface area (Å²) in [5.41, 5.74) is 10.2. The number of aromatic nitrogens is 4. The number of hydrogen-bond donors (Lipinski definition) is 1. The van der Waals surface area contributed by atoms with E-state index in [1.165, 1.54) is 0 Å². The number of nitrogens with two attached hydrogens (primary N) is 1. The molecule has 0 fully saturated rings. The van der Waals surface area contributed by atoms with Crippen molar-refractivity contribution in [2.24, 2.45) is 7.05 Å². The summed E-state index contributed by atoms with van der Waals surface area (Å²) in [5.74, 6) is 0.213. The molecule has 29 heavy (non-hydrogen) atoms. The van der Waals surface area contributed by atoms with Gasteiger partial charge in [0.05, 0.1) is 6.20 Å². The molecular weight excluding hydrogens is 364 g/mol. The van der Waals surface area contributed by atoms with Crippen LogP contribution in [0.4, 0.5) is 5.95 Å². The molecule has 0 radical (unpaired) electrons. The van der Waals surface area contributed by atoms with Crippen LogP contribution in [0.1, 0.15) is 21.6 Å². The van der Waals surface area contributed by atoms with Gasteiger partial charge in [0, 0.05) is 55.4 Å². The third-order valence-corrected chi connectivity index (χ3v) is 5.20. The van der Waals surface area contributed by atoms with E-state index in [2.05, 4.69) is 15.1 Å². The van der Waals surface area contributed by atoms with Crippen molar-refractivity contribution < 1.29 is 4.79 Å². The van der Waals surface area contributed by atoms with Gasteiger partial charge in [-0.25, -0.2) is 9.97 Å². The Morgan fingerprint density at radius 3 is 2.59 bits per heavy atom. The van der Waals surface area contributed by atoms with Gasteiger partial charge in [-0.1, -0.05) is 24.3 Å². The van der Waals surface area contributed by atoms with Crippen LogP contribution < -0.4 is 5.73 Å². The molecule has 0 aliphatic heterocycles. The number of nitrogen functional groups attached to an aromatic ring is 1. The van der Waals surface area contributed by atoms with E-state index in [-0.39, 0.29) is 11.9 Å². The Kier molecular flexibility index (Phi) is 4.72.